The molecule has 0 radical (unpaired) electrons. The normalized spacial score (nSPS) is 18.5. The molecule has 0 bridgehead atoms. The summed E-state index contributed by atoms with van der Waals surface area (Å²) < 4.78 is 6.00. The summed E-state index contributed by atoms with van der Waals surface area (Å²) in [6, 6.07) is 5.11. The molecule has 0 aliphatic carbocycles. The van der Waals surface area contributed by atoms with E-state index in [4.69, 9.17) is 16.3 Å². The van der Waals surface area contributed by atoms with Crippen LogP contribution in [0.3, 0.4) is 0 Å². The van der Waals surface area contributed by atoms with Crippen LogP contribution in [0, 0.1) is 0 Å². The van der Waals surface area contributed by atoms with Gasteiger partial charge in [0.1, 0.15) is 5.60 Å². The minimum absolute atomic E-state index is 0.0966. The third-order valence-electron chi connectivity index (χ3n) is 3.72. The quantitative estimate of drug-likeness (QED) is 0.688. The molecule has 1 fully saturated rings. The van der Waals surface area contributed by atoms with E-state index in [1.165, 1.54) is 0 Å². The number of amides is 2. The standard InChI is InChI=1S/C17H22BrClN2O3/c1-11-10-20(16(23)24-17(2,3)4)8-9-21(11)15(22)12-6-5-7-13(19)14(12)18/h5-7,11H,8-10H2,1-4H3/t11-/m0/s1. The Kier molecular flexibility index (Phi) is 5.81. The van der Waals surface area contributed by atoms with E-state index < -0.39 is 5.60 Å². The molecular formula is C17H22BrClN2O3. The van der Waals surface area contributed by atoms with Gasteiger partial charge in [0.25, 0.3) is 5.91 Å². The molecule has 0 N–H and O–H groups in total. The molecule has 1 aliphatic rings. The van der Waals surface area contributed by atoms with Crippen molar-refractivity contribution in [3.05, 3.63) is 33.3 Å². The largest absolute Gasteiger partial charge is 0.444 e. The number of rotatable bonds is 1. The van der Waals surface area contributed by atoms with E-state index in [0.29, 0.717) is 34.7 Å². The number of hydrogen-bond acceptors (Lipinski definition) is 3. The fourth-order valence-electron chi connectivity index (χ4n) is 2.58. The number of halogens is 2. The maximum absolute atomic E-state index is 12.8. The maximum atomic E-state index is 12.8. The molecule has 7 heteroatoms. The van der Waals surface area contributed by atoms with Crippen LogP contribution < -0.4 is 0 Å². The fourth-order valence-corrected chi connectivity index (χ4v) is 3.18. The summed E-state index contributed by atoms with van der Waals surface area (Å²) in [5, 5.41) is 0.501. The third kappa shape index (κ3) is 4.42. The van der Waals surface area contributed by atoms with E-state index in [1.54, 1.807) is 28.0 Å². The average Bonchev–Trinajstić information content (AvgIpc) is 2.47. The van der Waals surface area contributed by atoms with Crippen LogP contribution >= 0.6 is 27.5 Å². The Morgan fingerprint density at radius 1 is 1.29 bits per heavy atom. The maximum Gasteiger partial charge on any atom is 0.410 e. The van der Waals surface area contributed by atoms with Crippen molar-refractivity contribution >= 4 is 39.5 Å². The molecule has 0 unspecified atom stereocenters. The van der Waals surface area contributed by atoms with Crippen molar-refractivity contribution in [2.24, 2.45) is 0 Å². The molecular weight excluding hydrogens is 396 g/mol. The molecule has 1 heterocycles. The number of carbonyl (C=O) groups excluding carboxylic acids is 2. The Morgan fingerprint density at radius 3 is 2.54 bits per heavy atom. The van der Waals surface area contributed by atoms with Crippen LogP contribution in [-0.2, 0) is 4.74 Å². The number of nitrogens with zero attached hydrogens (tertiary/aromatic N) is 2. The van der Waals surface area contributed by atoms with Crippen molar-refractivity contribution in [3.8, 4) is 0 Å². The number of ether oxygens (including phenoxy) is 1. The van der Waals surface area contributed by atoms with Crippen LogP contribution in [0.2, 0.25) is 5.02 Å². The van der Waals surface area contributed by atoms with Crippen LogP contribution in [-0.4, -0.2) is 53.1 Å². The molecule has 0 saturated carbocycles. The minimum Gasteiger partial charge on any atom is -0.444 e. The smallest absolute Gasteiger partial charge is 0.410 e. The molecule has 1 atom stereocenters. The summed E-state index contributed by atoms with van der Waals surface area (Å²) in [6.45, 7) is 8.79. The molecule has 132 valence electrons. The van der Waals surface area contributed by atoms with Gasteiger partial charge in [-0.1, -0.05) is 17.7 Å². The van der Waals surface area contributed by atoms with E-state index in [9.17, 15) is 9.59 Å². The molecule has 5 nitrogen and oxygen atoms in total. The van der Waals surface area contributed by atoms with Gasteiger partial charge in [-0.2, -0.15) is 0 Å². The highest BCUT2D eigenvalue weighted by molar-refractivity contribution is 9.10. The highest BCUT2D eigenvalue weighted by Crippen LogP contribution is 2.28. The average molecular weight is 418 g/mol. The van der Waals surface area contributed by atoms with Crippen LogP contribution in [0.25, 0.3) is 0 Å². The molecule has 0 spiro atoms. The summed E-state index contributed by atoms with van der Waals surface area (Å²) in [7, 11) is 0. The van der Waals surface area contributed by atoms with Crippen LogP contribution in [0.1, 0.15) is 38.1 Å². The van der Waals surface area contributed by atoms with E-state index in [-0.39, 0.29) is 18.0 Å². The molecule has 2 rings (SSSR count). The van der Waals surface area contributed by atoms with Gasteiger partial charge in [0, 0.05) is 30.1 Å². The lowest BCUT2D eigenvalue weighted by molar-refractivity contribution is 0.00615. The van der Waals surface area contributed by atoms with Gasteiger partial charge in [-0.3, -0.25) is 4.79 Å². The third-order valence-corrected chi connectivity index (χ3v) is 5.12. The second-order valence-corrected chi connectivity index (χ2v) is 8.08. The van der Waals surface area contributed by atoms with Gasteiger partial charge in [-0.05, 0) is 55.8 Å². The predicted octanol–water partition coefficient (Wildman–Crippen LogP) is 4.18. The topological polar surface area (TPSA) is 49.9 Å². The van der Waals surface area contributed by atoms with Crippen molar-refractivity contribution in [3.63, 3.8) is 0 Å². The minimum atomic E-state index is -0.529. The predicted molar refractivity (Wildman–Crippen MR) is 97.5 cm³/mol. The second-order valence-electron chi connectivity index (χ2n) is 6.88. The number of piperazine rings is 1. The zero-order valence-corrected chi connectivity index (χ0v) is 16.6. The molecule has 1 saturated heterocycles. The van der Waals surface area contributed by atoms with E-state index in [1.807, 2.05) is 27.7 Å². The molecule has 2 amide bonds. The highest BCUT2D eigenvalue weighted by atomic mass is 79.9. The monoisotopic (exact) mass is 416 g/mol. The molecule has 1 aromatic rings. The summed E-state index contributed by atoms with van der Waals surface area (Å²) in [4.78, 5) is 28.4. The lowest BCUT2D eigenvalue weighted by Crippen LogP contribution is -2.56. The number of carbonyl (C=O) groups is 2. The SMILES string of the molecule is C[C@H]1CN(C(=O)OC(C)(C)C)CCN1C(=O)c1cccc(Cl)c1Br. The Labute approximate surface area is 156 Å². The summed E-state index contributed by atoms with van der Waals surface area (Å²) in [5.41, 5.74) is -0.00100. The van der Waals surface area contributed by atoms with Crippen molar-refractivity contribution in [1.29, 1.82) is 0 Å². The first kappa shape index (κ1) is 19.1. The van der Waals surface area contributed by atoms with Gasteiger partial charge < -0.3 is 14.5 Å². The zero-order chi connectivity index (χ0) is 18.1. The van der Waals surface area contributed by atoms with Crippen LogP contribution in [0.15, 0.2) is 22.7 Å². The molecule has 24 heavy (non-hydrogen) atoms. The van der Waals surface area contributed by atoms with E-state index >= 15 is 0 Å². The van der Waals surface area contributed by atoms with E-state index in [0.717, 1.165) is 0 Å². The van der Waals surface area contributed by atoms with Crippen molar-refractivity contribution in [2.45, 2.75) is 39.3 Å². The summed E-state index contributed by atoms with van der Waals surface area (Å²) in [6.07, 6.45) is -0.342. The van der Waals surface area contributed by atoms with Gasteiger partial charge >= 0.3 is 6.09 Å². The lowest BCUT2D eigenvalue weighted by atomic mass is 10.1. The van der Waals surface area contributed by atoms with Gasteiger partial charge in [-0.15, -0.1) is 0 Å². The number of hydrogen-bond donors (Lipinski definition) is 0. The van der Waals surface area contributed by atoms with Crippen molar-refractivity contribution in [1.82, 2.24) is 9.80 Å². The van der Waals surface area contributed by atoms with Crippen molar-refractivity contribution < 1.29 is 14.3 Å². The van der Waals surface area contributed by atoms with Crippen LogP contribution in [0.5, 0.6) is 0 Å². The van der Waals surface area contributed by atoms with Gasteiger partial charge in [0.2, 0.25) is 0 Å². The van der Waals surface area contributed by atoms with Crippen LogP contribution in [0.4, 0.5) is 4.79 Å². The first-order valence-electron chi connectivity index (χ1n) is 7.83. The Hall–Kier alpha value is -1.27. The summed E-state index contributed by atoms with van der Waals surface area (Å²) in [5.74, 6) is -0.0966. The van der Waals surface area contributed by atoms with Gasteiger partial charge in [-0.25, -0.2) is 4.79 Å². The first-order chi connectivity index (χ1) is 11.1. The van der Waals surface area contributed by atoms with Crippen molar-refractivity contribution in [2.75, 3.05) is 19.6 Å². The van der Waals surface area contributed by atoms with Gasteiger partial charge in [0.05, 0.1) is 10.6 Å². The second kappa shape index (κ2) is 7.31. The Morgan fingerprint density at radius 2 is 1.96 bits per heavy atom. The first-order valence-corrected chi connectivity index (χ1v) is 9.00. The number of benzene rings is 1. The fraction of sp³-hybridized carbons (Fsp3) is 0.529. The molecule has 1 aliphatic heterocycles. The zero-order valence-electron chi connectivity index (χ0n) is 14.3. The molecule has 1 aromatic carbocycles. The lowest BCUT2D eigenvalue weighted by Gasteiger charge is -2.40. The Balaban J connectivity index is 2.07. The Bertz CT molecular complexity index is 645. The highest BCUT2D eigenvalue weighted by Gasteiger charge is 2.33. The summed E-state index contributed by atoms with van der Waals surface area (Å²) >= 11 is 9.44. The van der Waals surface area contributed by atoms with E-state index in [2.05, 4.69) is 15.9 Å². The molecule has 0 aromatic heterocycles. The van der Waals surface area contributed by atoms with Gasteiger partial charge in [0.15, 0.2) is 0 Å².